The van der Waals surface area contributed by atoms with Gasteiger partial charge in [0.25, 0.3) is 0 Å². The minimum atomic E-state index is -3.39. The van der Waals surface area contributed by atoms with E-state index in [9.17, 15) is 8.42 Å². The molecule has 6 heteroatoms. The van der Waals surface area contributed by atoms with E-state index in [1.807, 2.05) is 0 Å². The van der Waals surface area contributed by atoms with Crippen molar-refractivity contribution in [1.29, 1.82) is 0 Å². The lowest BCUT2D eigenvalue weighted by molar-refractivity contribution is 0.449. The van der Waals surface area contributed by atoms with Gasteiger partial charge in [-0.15, -0.1) is 0 Å². The van der Waals surface area contributed by atoms with Crippen LogP contribution in [-0.2, 0) is 10.0 Å². The molecular formula is C10H20N2O2S2. The number of hydrogen-bond acceptors (Lipinski definition) is 3. The van der Waals surface area contributed by atoms with Gasteiger partial charge in [0.1, 0.15) is 5.25 Å². The number of rotatable bonds is 7. The molecule has 1 aliphatic carbocycles. The highest BCUT2D eigenvalue weighted by Gasteiger charge is 2.42. The van der Waals surface area contributed by atoms with Crippen LogP contribution in [0.4, 0.5) is 0 Å². The molecule has 0 aromatic carbocycles. The highest BCUT2D eigenvalue weighted by molar-refractivity contribution is 7.93. The average molecular weight is 264 g/mol. The van der Waals surface area contributed by atoms with Gasteiger partial charge in [0.05, 0.1) is 4.99 Å². The fourth-order valence-electron chi connectivity index (χ4n) is 1.75. The molecule has 1 rings (SSSR count). The summed E-state index contributed by atoms with van der Waals surface area (Å²) in [5.41, 5.74) is 5.55. The standard InChI is InChI=1S/C10H20N2O2S2/c1-3-4-10(5-6-10)7-12-16(13,14)8(2)9(11)15/h8,12H,3-7H2,1-2H3,(H2,11,15). The lowest BCUT2D eigenvalue weighted by Crippen LogP contribution is -2.42. The zero-order valence-corrected chi connectivity index (χ0v) is 11.5. The Bertz CT molecular complexity index is 361. The Labute approximate surface area is 103 Å². The van der Waals surface area contributed by atoms with E-state index in [2.05, 4.69) is 11.6 Å². The van der Waals surface area contributed by atoms with Crippen molar-refractivity contribution in [2.45, 2.75) is 44.8 Å². The Morgan fingerprint density at radius 2 is 2.12 bits per heavy atom. The average Bonchev–Trinajstić information content (AvgIpc) is 2.95. The van der Waals surface area contributed by atoms with Crippen LogP contribution >= 0.6 is 12.2 Å². The number of hydrogen-bond donors (Lipinski definition) is 2. The van der Waals surface area contributed by atoms with Crippen molar-refractivity contribution in [3.8, 4) is 0 Å². The molecule has 0 aliphatic heterocycles. The monoisotopic (exact) mass is 264 g/mol. The van der Waals surface area contributed by atoms with Crippen molar-refractivity contribution in [2.24, 2.45) is 11.1 Å². The SMILES string of the molecule is CCCC1(CNS(=O)(=O)C(C)C(N)=S)CC1. The van der Waals surface area contributed by atoms with Crippen LogP contribution in [0.2, 0.25) is 0 Å². The molecule has 0 spiro atoms. The molecule has 94 valence electrons. The lowest BCUT2D eigenvalue weighted by atomic mass is 10.0. The van der Waals surface area contributed by atoms with Crippen molar-refractivity contribution in [1.82, 2.24) is 4.72 Å². The summed E-state index contributed by atoms with van der Waals surface area (Å²) in [6, 6.07) is 0. The molecule has 1 unspecified atom stereocenters. The van der Waals surface area contributed by atoms with Crippen molar-refractivity contribution >= 4 is 27.2 Å². The summed E-state index contributed by atoms with van der Waals surface area (Å²) in [5.74, 6) is 0. The molecule has 0 aromatic rings. The van der Waals surface area contributed by atoms with Gasteiger partial charge in [-0.3, -0.25) is 0 Å². The summed E-state index contributed by atoms with van der Waals surface area (Å²) < 4.78 is 26.2. The molecule has 0 heterocycles. The molecule has 4 nitrogen and oxygen atoms in total. The summed E-state index contributed by atoms with van der Waals surface area (Å²) in [6.07, 6.45) is 4.40. The predicted octanol–water partition coefficient (Wildman–Crippen LogP) is 1.16. The van der Waals surface area contributed by atoms with Gasteiger partial charge in [-0.2, -0.15) is 0 Å². The molecule has 1 saturated carbocycles. The Morgan fingerprint density at radius 3 is 2.50 bits per heavy atom. The highest BCUT2D eigenvalue weighted by atomic mass is 32.2. The fraction of sp³-hybridized carbons (Fsp3) is 0.900. The summed E-state index contributed by atoms with van der Waals surface area (Å²) in [6.45, 7) is 4.16. The van der Waals surface area contributed by atoms with E-state index < -0.39 is 15.3 Å². The molecule has 1 atom stereocenters. The van der Waals surface area contributed by atoms with E-state index in [0.29, 0.717) is 6.54 Å². The van der Waals surface area contributed by atoms with Gasteiger partial charge in [0, 0.05) is 6.54 Å². The van der Waals surface area contributed by atoms with E-state index in [1.54, 1.807) is 0 Å². The van der Waals surface area contributed by atoms with Crippen LogP contribution < -0.4 is 10.5 Å². The second-order valence-electron chi connectivity index (χ2n) is 4.66. The van der Waals surface area contributed by atoms with Crippen molar-refractivity contribution in [2.75, 3.05) is 6.54 Å². The molecule has 16 heavy (non-hydrogen) atoms. The van der Waals surface area contributed by atoms with Gasteiger partial charge < -0.3 is 5.73 Å². The number of thiocarbonyl (C=S) groups is 1. The molecule has 3 N–H and O–H groups in total. The third-order valence-corrected chi connectivity index (χ3v) is 5.49. The van der Waals surface area contributed by atoms with Gasteiger partial charge in [0.15, 0.2) is 0 Å². The maximum atomic E-state index is 11.8. The van der Waals surface area contributed by atoms with Crippen LogP contribution in [0.5, 0.6) is 0 Å². The van der Waals surface area contributed by atoms with E-state index in [0.717, 1.165) is 25.7 Å². The third-order valence-electron chi connectivity index (χ3n) is 3.25. The summed E-state index contributed by atoms with van der Waals surface area (Å²) >= 11 is 4.70. The van der Waals surface area contributed by atoms with Crippen LogP contribution in [0, 0.1) is 5.41 Å². The predicted molar refractivity (Wildman–Crippen MR) is 69.7 cm³/mol. The molecule has 0 saturated heterocycles. The minimum Gasteiger partial charge on any atom is -0.392 e. The second kappa shape index (κ2) is 4.98. The maximum Gasteiger partial charge on any atom is 0.220 e. The Hall–Kier alpha value is -0.200. The van der Waals surface area contributed by atoms with Crippen LogP contribution in [-0.4, -0.2) is 25.2 Å². The number of nitrogens with two attached hydrogens (primary N) is 1. The second-order valence-corrected chi connectivity index (χ2v) is 7.22. The Morgan fingerprint density at radius 1 is 1.56 bits per heavy atom. The number of nitrogens with one attached hydrogen (secondary N) is 1. The van der Waals surface area contributed by atoms with E-state index in [1.165, 1.54) is 6.92 Å². The van der Waals surface area contributed by atoms with Crippen LogP contribution in [0.25, 0.3) is 0 Å². The van der Waals surface area contributed by atoms with Crippen LogP contribution in [0.1, 0.15) is 39.5 Å². The minimum absolute atomic E-state index is 0.0211. The maximum absolute atomic E-state index is 11.8. The first-order valence-corrected chi connectivity index (χ1v) is 7.56. The summed E-state index contributed by atoms with van der Waals surface area (Å²) in [5, 5.41) is -0.792. The zero-order chi connectivity index (χ0) is 12.4. The largest absolute Gasteiger partial charge is 0.392 e. The van der Waals surface area contributed by atoms with Crippen molar-refractivity contribution in [3.05, 3.63) is 0 Å². The van der Waals surface area contributed by atoms with Gasteiger partial charge >= 0.3 is 0 Å². The molecule has 1 fully saturated rings. The lowest BCUT2D eigenvalue weighted by Gasteiger charge is -2.17. The van der Waals surface area contributed by atoms with Crippen molar-refractivity contribution < 1.29 is 8.42 Å². The molecule has 0 radical (unpaired) electrons. The van der Waals surface area contributed by atoms with Gasteiger partial charge in [-0.05, 0) is 31.6 Å². The molecule has 1 aliphatic rings. The zero-order valence-electron chi connectivity index (χ0n) is 9.82. The van der Waals surface area contributed by atoms with E-state index >= 15 is 0 Å². The van der Waals surface area contributed by atoms with E-state index in [-0.39, 0.29) is 10.4 Å². The smallest absolute Gasteiger partial charge is 0.220 e. The van der Waals surface area contributed by atoms with Gasteiger partial charge in [-0.25, -0.2) is 13.1 Å². The summed E-state index contributed by atoms with van der Waals surface area (Å²) in [4.78, 5) is 0.0211. The summed E-state index contributed by atoms with van der Waals surface area (Å²) in [7, 11) is -3.39. The first-order valence-electron chi connectivity index (χ1n) is 5.61. The number of sulfonamides is 1. The first kappa shape index (κ1) is 13.9. The Balaban J connectivity index is 2.52. The molecular weight excluding hydrogens is 244 g/mol. The van der Waals surface area contributed by atoms with Gasteiger partial charge in [0.2, 0.25) is 10.0 Å². The van der Waals surface area contributed by atoms with Crippen LogP contribution in [0.3, 0.4) is 0 Å². The first-order chi connectivity index (χ1) is 7.33. The van der Waals surface area contributed by atoms with Crippen molar-refractivity contribution in [3.63, 3.8) is 0 Å². The van der Waals surface area contributed by atoms with Crippen LogP contribution in [0.15, 0.2) is 0 Å². The molecule has 0 aromatic heterocycles. The van der Waals surface area contributed by atoms with Gasteiger partial charge in [-0.1, -0.05) is 25.6 Å². The fourth-order valence-corrected chi connectivity index (χ4v) is 3.20. The third kappa shape index (κ3) is 3.40. The molecule has 0 bridgehead atoms. The molecule has 0 amide bonds. The normalized spacial score (nSPS) is 20.4. The quantitative estimate of drug-likeness (QED) is 0.677. The topological polar surface area (TPSA) is 72.2 Å². The van der Waals surface area contributed by atoms with E-state index in [4.69, 9.17) is 18.0 Å². The highest BCUT2D eigenvalue weighted by Crippen LogP contribution is 2.49. The Kier molecular flexibility index (Phi) is 4.31.